The minimum absolute atomic E-state index is 0. The molecule has 3 heterocycles. The fourth-order valence-corrected chi connectivity index (χ4v) is 4.19. The number of carbonyl (C=O) groups is 1. The minimum Gasteiger partial charge on any atom is -0.456 e. The first-order valence-corrected chi connectivity index (χ1v) is 10.5. The Kier molecular flexibility index (Phi) is 6.55. The van der Waals surface area contributed by atoms with E-state index in [1.807, 2.05) is 30.3 Å². The molecule has 164 valence electrons. The molecule has 0 spiro atoms. The van der Waals surface area contributed by atoms with Gasteiger partial charge in [-0.25, -0.2) is 0 Å². The lowest BCUT2D eigenvalue weighted by molar-refractivity contribution is 0.100. The van der Waals surface area contributed by atoms with E-state index in [4.69, 9.17) is 10.2 Å². The number of halogens is 1. The van der Waals surface area contributed by atoms with Crippen LogP contribution in [0, 0.1) is 0 Å². The monoisotopic (exact) mass is 448 g/mol. The molecule has 0 bridgehead atoms. The molecular formula is C25H25ClN4O2. The topological polar surface area (TPSA) is 84.4 Å². The first-order valence-electron chi connectivity index (χ1n) is 10.5. The fourth-order valence-electron chi connectivity index (χ4n) is 4.19. The highest BCUT2D eigenvalue weighted by atomic mass is 35.5. The molecule has 6 nitrogen and oxygen atoms in total. The molecule has 2 aromatic heterocycles. The highest BCUT2D eigenvalue weighted by Gasteiger charge is 2.17. The van der Waals surface area contributed by atoms with Crippen molar-refractivity contribution >= 4 is 29.3 Å². The van der Waals surface area contributed by atoms with Crippen molar-refractivity contribution in [3.05, 3.63) is 78.1 Å². The number of piperazine rings is 1. The lowest BCUT2D eigenvalue weighted by atomic mass is 9.95. The Labute approximate surface area is 192 Å². The number of benzene rings is 2. The van der Waals surface area contributed by atoms with Gasteiger partial charge in [-0.15, -0.1) is 12.4 Å². The van der Waals surface area contributed by atoms with Crippen LogP contribution in [0.5, 0.6) is 0 Å². The Morgan fingerprint density at radius 1 is 1.03 bits per heavy atom. The molecule has 32 heavy (non-hydrogen) atoms. The molecule has 0 radical (unpaired) electrons. The zero-order chi connectivity index (χ0) is 21.2. The van der Waals surface area contributed by atoms with Gasteiger partial charge in [0.25, 0.3) is 0 Å². The van der Waals surface area contributed by atoms with Crippen LogP contribution < -0.4 is 11.1 Å². The maximum atomic E-state index is 11.9. The maximum Gasteiger partial charge on any atom is 0.249 e. The van der Waals surface area contributed by atoms with E-state index in [1.165, 1.54) is 5.56 Å². The summed E-state index contributed by atoms with van der Waals surface area (Å²) < 4.78 is 6.28. The number of nitrogens with zero attached hydrogens (tertiary/aromatic N) is 2. The standard InChI is InChI=1S/C25H24N4O2.ClH/c26-25(30)21-7-8-28-15-22(21)19-3-1-2-4-20(19)24-14-18-6-5-17(13-23(18)31-24)16-29-11-9-27-10-12-29;/h1-8,13-15,27H,9-12,16H2,(H2,26,30);1H. The zero-order valence-electron chi connectivity index (χ0n) is 17.6. The van der Waals surface area contributed by atoms with Crippen molar-refractivity contribution in [2.24, 2.45) is 5.73 Å². The van der Waals surface area contributed by atoms with Crippen LogP contribution in [0.25, 0.3) is 33.4 Å². The normalized spacial score (nSPS) is 14.2. The molecule has 1 aliphatic rings. The number of primary amides is 1. The SMILES string of the molecule is Cl.NC(=O)c1ccncc1-c1ccccc1-c1cc2ccc(CN3CCNCC3)cc2o1. The number of amides is 1. The van der Waals surface area contributed by atoms with Crippen LogP contribution in [-0.4, -0.2) is 42.0 Å². The number of rotatable bonds is 5. The van der Waals surface area contributed by atoms with E-state index in [-0.39, 0.29) is 12.4 Å². The summed E-state index contributed by atoms with van der Waals surface area (Å²) in [5.41, 5.74) is 10.6. The van der Waals surface area contributed by atoms with Crippen molar-refractivity contribution in [3.63, 3.8) is 0 Å². The predicted octanol–water partition coefficient (Wildman–Crippen LogP) is 4.09. The van der Waals surface area contributed by atoms with Crippen LogP contribution in [0.3, 0.4) is 0 Å². The van der Waals surface area contributed by atoms with Crippen molar-refractivity contribution in [1.82, 2.24) is 15.2 Å². The van der Waals surface area contributed by atoms with Gasteiger partial charge in [0.2, 0.25) is 5.91 Å². The number of aromatic nitrogens is 1. The summed E-state index contributed by atoms with van der Waals surface area (Å²) in [7, 11) is 0. The van der Waals surface area contributed by atoms with E-state index < -0.39 is 5.91 Å². The first kappa shape index (κ1) is 22.0. The first-order chi connectivity index (χ1) is 15.2. The van der Waals surface area contributed by atoms with Gasteiger partial charge in [0.05, 0.1) is 5.56 Å². The third-order valence-corrected chi connectivity index (χ3v) is 5.77. The molecule has 0 atom stereocenters. The van der Waals surface area contributed by atoms with Gasteiger partial charge in [0.15, 0.2) is 0 Å². The zero-order valence-corrected chi connectivity index (χ0v) is 18.4. The van der Waals surface area contributed by atoms with Gasteiger partial charge < -0.3 is 15.5 Å². The Hall–Kier alpha value is -3.19. The summed E-state index contributed by atoms with van der Waals surface area (Å²) in [5, 5.41) is 4.44. The molecule has 1 amide bonds. The Bertz CT molecular complexity index is 1250. The van der Waals surface area contributed by atoms with E-state index >= 15 is 0 Å². The minimum atomic E-state index is -0.477. The molecular weight excluding hydrogens is 424 g/mol. The van der Waals surface area contributed by atoms with Crippen molar-refractivity contribution < 1.29 is 9.21 Å². The summed E-state index contributed by atoms with van der Waals surface area (Å²) in [4.78, 5) is 18.6. The summed E-state index contributed by atoms with van der Waals surface area (Å²) in [6.45, 7) is 5.10. The molecule has 2 aromatic carbocycles. The van der Waals surface area contributed by atoms with Gasteiger partial charge in [-0.3, -0.25) is 14.7 Å². The Balaban J connectivity index is 0.00000245. The molecule has 3 N–H and O–H groups in total. The van der Waals surface area contributed by atoms with Crippen molar-refractivity contribution in [3.8, 4) is 22.5 Å². The van der Waals surface area contributed by atoms with E-state index in [9.17, 15) is 4.79 Å². The average molecular weight is 449 g/mol. The molecule has 7 heteroatoms. The van der Waals surface area contributed by atoms with E-state index in [1.54, 1.807) is 18.5 Å². The third-order valence-electron chi connectivity index (χ3n) is 5.77. The van der Waals surface area contributed by atoms with Crippen LogP contribution in [-0.2, 0) is 6.54 Å². The molecule has 0 unspecified atom stereocenters. The second kappa shape index (κ2) is 9.53. The molecule has 1 saturated heterocycles. The summed E-state index contributed by atoms with van der Waals surface area (Å²) >= 11 is 0. The third kappa shape index (κ3) is 4.39. The number of hydrogen-bond donors (Lipinski definition) is 2. The largest absolute Gasteiger partial charge is 0.456 e. The average Bonchev–Trinajstić information content (AvgIpc) is 3.23. The van der Waals surface area contributed by atoms with Crippen molar-refractivity contribution in [1.29, 1.82) is 0 Å². The van der Waals surface area contributed by atoms with E-state index in [0.717, 1.165) is 60.6 Å². The van der Waals surface area contributed by atoms with Crippen LogP contribution in [0.4, 0.5) is 0 Å². The lowest BCUT2D eigenvalue weighted by Crippen LogP contribution is -2.42. The molecule has 1 aliphatic heterocycles. The Morgan fingerprint density at radius 3 is 2.59 bits per heavy atom. The molecule has 5 rings (SSSR count). The van der Waals surface area contributed by atoms with Crippen LogP contribution in [0.15, 0.2) is 71.4 Å². The quantitative estimate of drug-likeness (QED) is 0.480. The predicted molar refractivity (Wildman–Crippen MR) is 129 cm³/mol. The number of furan rings is 1. The maximum absolute atomic E-state index is 11.9. The number of fused-ring (bicyclic) bond motifs is 1. The van der Waals surface area contributed by atoms with Gasteiger partial charge in [0, 0.05) is 61.6 Å². The smallest absolute Gasteiger partial charge is 0.249 e. The summed E-state index contributed by atoms with van der Waals surface area (Å²) in [6.07, 6.45) is 3.25. The second-order valence-corrected chi connectivity index (χ2v) is 7.84. The van der Waals surface area contributed by atoms with E-state index in [0.29, 0.717) is 11.1 Å². The van der Waals surface area contributed by atoms with Gasteiger partial charge in [-0.1, -0.05) is 36.4 Å². The van der Waals surface area contributed by atoms with Crippen LogP contribution in [0.1, 0.15) is 15.9 Å². The molecule has 0 aliphatic carbocycles. The van der Waals surface area contributed by atoms with Gasteiger partial charge >= 0.3 is 0 Å². The molecule has 1 fully saturated rings. The van der Waals surface area contributed by atoms with Crippen LogP contribution in [0.2, 0.25) is 0 Å². The van der Waals surface area contributed by atoms with Crippen LogP contribution >= 0.6 is 12.4 Å². The number of carbonyl (C=O) groups excluding carboxylic acids is 1. The van der Waals surface area contributed by atoms with Gasteiger partial charge in [-0.05, 0) is 29.3 Å². The summed E-state index contributed by atoms with van der Waals surface area (Å²) in [6, 6.07) is 17.9. The lowest BCUT2D eigenvalue weighted by Gasteiger charge is -2.27. The highest BCUT2D eigenvalue weighted by molar-refractivity contribution is 6.01. The van der Waals surface area contributed by atoms with Gasteiger partial charge in [0.1, 0.15) is 11.3 Å². The second-order valence-electron chi connectivity index (χ2n) is 7.84. The number of nitrogens with one attached hydrogen (secondary N) is 1. The highest BCUT2D eigenvalue weighted by Crippen LogP contribution is 2.36. The van der Waals surface area contributed by atoms with Crippen molar-refractivity contribution in [2.45, 2.75) is 6.54 Å². The van der Waals surface area contributed by atoms with E-state index in [2.05, 4.69) is 33.4 Å². The fraction of sp³-hybridized carbons (Fsp3) is 0.200. The summed E-state index contributed by atoms with van der Waals surface area (Å²) in [5.74, 6) is 0.276. The molecule has 4 aromatic rings. The number of hydrogen-bond acceptors (Lipinski definition) is 5. The number of nitrogens with two attached hydrogens (primary N) is 1. The molecule has 0 saturated carbocycles. The van der Waals surface area contributed by atoms with Crippen molar-refractivity contribution in [2.75, 3.05) is 26.2 Å². The van der Waals surface area contributed by atoms with Gasteiger partial charge in [-0.2, -0.15) is 0 Å². The number of pyridine rings is 1. The Morgan fingerprint density at radius 2 is 1.81 bits per heavy atom.